The molecule has 7 heteroatoms. The first-order valence-corrected chi connectivity index (χ1v) is 9.71. The molecule has 0 radical (unpaired) electrons. The van der Waals surface area contributed by atoms with Crippen molar-refractivity contribution in [3.05, 3.63) is 24.3 Å². The molecule has 2 unspecified atom stereocenters. The number of hydrogen-bond acceptors (Lipinski definition) is 5. The fraction of sp³-hybridized carbons (Fsp3) is 0.600. The van der Waals surface area contributed by atoms with Crippen molar-refractivity contribution in [3.8, 4) is 5.75 Å². The highest BCUT2D eigenvalue weighted by Gasteiger charge is 2.31. The monoisotopic (exact) mass is 374 g/mol. The molecule has 2 N–H and O–H groups in total. The van der Waals surface area contributed by atoms with Crippen molar-refractivity contribution in [2.75, 3.05) is 38.6 Å². The van der Waals surface area contributed by atoms with Gasteiger partial charge in [-0.25, -0.2) is 0 Å². The van der Waals surface area contributed by atoms with E-state index in [4.69, 9.17) is 4.74 Å². The number of carbonyl (C=O) groups is 2. The molecule has 2 atom stereocenters. The molecular weight excluding hydrogens is 344 g/mol. The molecule has 1 heterocycles. The first-order valence-electron chi connectivity index (χ1n) is 9.71. The summed E-state index contributed by atoms with van der Waals surface area (Å²) in [5.41, 5.74) is 0.761. The van der Waals surface area contributed by atoms with Gasteiger partial charge in [0.1, 0.15) is 5.75 Å². The molecule has 7 nitrogen and oxygen atoms in total. The minimum Gasteiger partial charge on any atom is -0.497 e. The molecule has 1 saturated carbocycles. The van der Waals surface area contributed by atoms with Crippen LogP contribution in [0.4, 0.5) is 5.69 Å². The molecule has 1 saturated heterocycles. The largest absolute Gasteiger partial charge is 0.497 e. The Morgan fingerprint density at radius 2 is 1.48 bits per heavy atom. The number of ether oxygens (including phenoxy) is 1. The Kier molecular flexibility index (Phi) is 6.34. The lowest BCUT2D eigenvalue weighted by Crippen LogP contribution is -2.57. The highest BCUT2D eigenvalue weighted by atomic mass is 16.5. The summed E-state index contributed by atoms with van der Waals surface area (Å²) in [5, 5.41) is 6.03. The van der Waals surface area contributed by atoms with E-state index < -0.39 is 0 Å². The Labute approximate surface area is 161 Å². The van der Waals surface area contributed by atoms with Gasteiger partial charge in [-0.05, 0) is 51.0 Å². The molecule has 0 bridgehead atoms. The van der Waals surface area contributed by atoms with Gasteiger partial charge in [0, 0.05) is 37.9 Å². The zero-order valence-electron chi connectivity index (χ0n) is 16.4. The van der Waals surface area contributed by atoms with Gasteiger partial charge in [-0.3, -0.25) is 19.4 Å². The number of nitrogens with zero attached hydrogens (tertiary/aromatic N) is 2. The number of rotatable bonds is 7. The lowest BCUT2D eigenvalue weighted by molar-refractivity contribution is -0.128. The van der Waals surface area contributed by atoms with Crippen molar-refractivity contribution >= 4 is 17.5 Å². The number of anilines is 1. The van der Waals surface area contributed by atoms with Gasteiger partial charge in [0.2, 0.25) is 11.8 Å². The number of methoxy groups -OCH3 is 1. The lowest BCUT2D eigenvalue weighted by Gasteiger charge is -2.39. The molecule has 2 amide bonds. The highest BCUT2D eigenvalue weighted by molar-refractivity contribution is 5.94. The van der Waals surface area contributed by atoms with E-state index in [2.05, 4.69) is 20.4 Å². The van der Waals surface area contributed by atoms with Crippen molar-refractivity contribution in [1.29, 1.82) is 0 Å². The van der Waals surface area contributed by atoms with Crippen LogP contribution in [0.3, 0.4) is 0 Å². The number of amides is 2. The van der Waals surface area contributed by atoms with Gasteiger partial charge >= 0.3 is 0 Å². The second-order valence-electron chi connectivity index (χ2n) is 7.42. The van der Waals surface area contributed by atoms with Gasteiger partial charge in [-0.15, -0.1) is 0 Å². The number of hydrogen-bond donors (Lipinski definition) is 2. The summed E-state index contributed by atoms with van der Waals surface area (Å²) in [6.45, 7) is 7.03. The lowest BCUT2D eigenvalue weighted by atomic mass is 10.1. The van der Waals surface area contributed by atoms with Crippen molar-refractivity contribution in [3.63, 3.8) is 0 Å². The smallest absolute Gasteiger partial charge is 0.241 e. The van der Waals surface area contributed by atoms with E-state index >= 15 is 0 Å². The van der Waals surface area contributed by atoms with Gasteiger partial charge in [-0.2, -0.15) is 0 Å². The molecule has 148 valence electrons. The second-order valence-corrected chi connectivity index (χ2v) is 7.42. The maximum Gasteiger partial charge on any atom is 0.241 e. The van der Waals surface area contributed by atoms with Crippen molar-refractivity contribution in [2.45, 2.75) is 44.8 Å². The zero-order valence-corrected chi connectivity index (χ0v) is 16.4. The molecule has 3 rings (SSSR count). The van der Waals surface area contributed by atoms with E-state index in [1.807, 2.05) is 38.1 Å². The highest BCUT2D eigenvalue weighted by Crippen LogP contribution is 2.20. The summed E-state index contributed by atoms with van der Waals surface area (Å²) < 4.78 is 5.13. The molecule has 1 aromatic rings. The molecule has 1 aliphatic heterocycles. The van der Waals surface area contributed by atoms with Crippen LogP contribution in [0, 0.1) is 0 Å². The van der Waals surface area contributed by atoms with Gasteiger partial charge in [-0.1, -0.05) is 0 Å². The van der Waals surface area contributed by atoms with Crippen LogP contribution in [0.5, 0.6) is 5.75 Å². The number of nitrogens with one attached hydrogen (secondary N) is 2. The fourth-order valence-corrected chi connectivity index (χ4v) is 3.31. The topological polar surface area (TPSA) is 73.9 Å². The average Bonchev–Trinajstić information content (AvgIpc) is 3.51. The van der Waals surface area contributed by atoms with Crippen molar-refractivity contribution in [2.24, 2.45) is 0 Å². The Bertz CT molecular complexity index is 652. The normalized spacial score (nSPS) is 20.6. The van der Waals surface area contributed by atoms with E-state index in [1.54, 1.807) is 7.11 Å². The summed E-state index contributed by atoms with van der Waals surface area (Å²) in [6.07, 6.45) is 2.21. The Balaban J connectivity index is 1.46. The van der Waals surface area contributed by atoms with Crippen LogP contribution in [0.1, 0.15) is 26.7 Å². The maximum atomic E-state index is 12.6. The van der Waals surface area contributed by atoms with E-state index in [0.717, 1.165) is 50.5 Å². The maximum absolute atomic E-state index is 12.6. The van der Waals surface area contributed by atoms with E-state index in [-0.39, 0.29) is 23.9 Å². The first-order chi connectivity index (χ1) is 13.0. The van der Waals surface area contributed by atoms with Crippen LogP contribution in [0.2, 0.25) is 0 Å². The average molecular weight is 374 g/mol. The van der Waals surface area contributed by atoms with Crippen LogP contribution in [-0.4, -0.2) is 73.0 Å². The fourth-order valence-electron chi connectivity index (χ4n) is 3.31. The minimum atomic E-state index is -0.218. The third-order valence-corrected chi connectivity index (χ3v) is 5.48. The first kappa shape index (κ1) is 19.6. The summed E-state index contributed by atoms with van der Waals surface area (Å²) in [6, 6.07) is 7.38. The van der Waals surface area contributed by atoms with Gasteiger partial charge < -0.3 is 15.4 Å². The Hall–Kier alpha value is -2.12. The van der Waals surface area contributed by atoms with E-state index in [9.17, 15) is 9.59 Å². The molecule has 27 heavy (non-hydrogen) atoms. The quantitative estimate of drug-likeness (QED) is 0.753. The van der Waals surface area contributed by atoms with Crippen LogP contribution in [0.25, 0.3) is 0 Å². The second kappa shape index (κ2) is 8.71. The minimum absolute atomic E-state index is 0.0202. The van der Waals surface area contributed by atoms with Crippen molar-refractivity contribution in [1.82, 2.24) is 15.1 Å². The zero-order chi connectivity index (χ0) is 19.4. The molecule has 1 aliphatic carbocycles. The van der Waals surface area contributed by atoms with Crippen LogP contribution in [-0.2, 0) is 9.59 Å². The predicted octanol–water partition coefficient (Wildman–Crippen LogP) is 1.31. The number of benzene rings is 1. The predicted molar refractivity (Wildman–Crippen MR) is 105 cm³/mol. The molecule has 0 aromatic heterocycles. The van der Waals surface area contributed by atoms with Crippen LogP contribution >= 0.6 is 0 Å². The standard InChI is InChI=1S/C20H30N4O3/c1-14(19(25)21-16-4-5-16)23-10-12-24(13-11-23)15(2)20(26)22-17-6-8-18(27-3)9-7-17/h6-9,14-16H,4-5,10-13H2,1-3H3,(H,21,25)(H,22,26). The summed E-state index contributed by atoms with van der Waals surface area (Å²) in [5.74, 6) is 0.862. The summed E-state index contributed by atoms with van der Waals surface area (Å²) in [4.78, 5) is 29.1. The van der Waals surface area contributed by atoms with Gasteiger partial charge in [0.25, 0.3) is 0 Å². The Morgan fingerprint density at radius 1 is 0.963 bits per heavy atom. The molecule has 1 aromatic carbocycles. The van der Waals surface area contributed by atoms with Gasteiger partial charge in [0.15, 0.2) is 0 Å². The third-order valence-electron chi connectivity index (χ3n) is 5.48. The van der Waals surface area contributed by atoms with E-state index in [1.165, 1.54) is 0 Å². The van der Waals surface area contributed by atoms with Gasteiger partial charge in [0.05, 0.1) is 19.2 Å². The van der Waals surface area contributed by atoms with Crippen molar-refractivity contribution < 1.29 is 14.3 Å². The van der Waals surface area contributed by atoms with Crippen LogP contribution < -0.4 is 15.4 Å². The SMILES string of the molecule is COc1ccc(NC(=O)C(C)N2CCN(C(C)C(=O)NC3CC3)CC2)cc1. The number of piperazine rings is 1. The molecular formula is C20H30N4O3. The molecule has 2 aliphatic rings. The summed E-state index contributed by atoms with van der Waals surface area (Å²) >= 11 is 0. The molecule has 0 spiro atoms. The van der Waals surface area contributed by atoms with Crippen LogP contribution in [0.15, 0.2) is 24.3 Å². The van der Waals surface area contributed by atoms with E-state index in [0.29, 0.717) is 6.04 Å². The summed E-state index contributed by atoms with van der Waals surface area (Å²) in [7, 11) is 1.62. The third kappa shape index (κ3) is 5.20. The Morgan fingerprint density at radius 3 is 1.96 bits per heavy atom. The molecule has 2 fully saturated rings. The number of carbonyl (C=O) groups excluding carboxylic acids is 2.